The van der Waals surface area contributed by atoms with Gasteiger partial charge >= 0.3 is 5.97 Å². The number of ether oxygens (including phenoxy) is 1. The molecule has 16 heavy (non-hydrogen) atoms. The topological polar surface area (TPSA) is 70.7 Å². The number of benzene rings is 1. The van der Waals surface area contributed by atoms with E-state index in [0.29, 0.717) is 0 Å². The molecule has 2 N–H and O–H groups in total. The first kappa shape index (κ1) is 12.1. The smallest absolute Gasteiger partial charge is 0.303 e. The molecule has 4 heteroatoms. The van der Waals surface area contributed by atoms with E-state index in [1.807, 2.05) is 36.4 Å². The number of carbonyl (C=O) groups is 1. The average Bonchev–Trinajstić information content (AvgIpc) is 2.26. The van der Waals surface area contributed by atoms with E-state index in [9.17, 15) is 4.79 Å². The van der Waals surface area contributed by atoms with E-state index >= 15 is 0 Å². The molecule has 0 atom stereocenters. The minimum atomic E-state index is -0.287. The first-order chi connectivity index (χ1) is 7.25. The molecule has 0 fully saturated rings. The Labute approximate surface area is 93.2 Å². The summed E-state index contributed by atoms with van der Waals surface area (Å²) in [6.07, 6.45) is 0. The third-order valence-electron chi connectivity index (χ3n) is 2.08. The molecule has 1 heterocycles. The van der Waals surface area contributed by atoms with Crippen LogP contribution in [0.25, 0.3) is 10.9 Å². The zero-order valence-electron chi connectivity index (χ0n) is 8.93. The fourth-order valence-corrected chi connectivity index (χ4v) is 1.36. The number of hydrogen-bond donors (Lipinski definition) is 0. The van der Waals surface area contributed by atoms with Crippen LogP contribution in [-0.2, 0) is 16.1 Å². The van der Waals surface area contributed by atoms with Gasteiger partial charge < -0.3 is 10.2 Å². The third kappa shape index (κ3) is 2.77. The maximum absolute atomic E-state index is 10.6. The monoisotopic (exact) mass is 219 g/mol. The fraction of sp³-hybridized carbons (Fsp3) is 0.167. The Kier molecular flexibility index (Phi) is 3.96. The predicted octanol–water partition coefficient (Wildman–Crippen LogP) is 1.47. The molecule has 0 aliphatic heterocycles. The molecule has 1 aromatic carbocycles. The molecular formula is C12H13NO3. The Morgan fingerprint density at radius 1 is 1.25 bits per heavy atom. The number of rotatable bonds is 2. The van der Waals surface area contributed by atoms with E-state index in [2.05, 4.69) is 4.98 Å². The van der Waals surface area contributed by atoms with Crippen LogP contribution in [0.4, 0.5) is 0 Å². The highest BCUT2D eigenvalue weighted by Crippen LogP contribution is 2.12. The quantitative estimate of drug-likeness (QED) is 0.718. The summed E-state index contributed by atoms with van der Waals surface area (Å²) in [5.74, 6) is -0.287. The Bertz CT molecular complexity index is 496. The normalized spacial score (nSPS) is 9.56. The van der Waals surface area contributed by atoms with Gasteiger partial charge in [-0.1, -0.05) is 24.3 Å². The number of nitrogens with zero attached hydrogens (tertiary/aromatic N) is 1. The Hall–Kier alpha value is -1.94. The summed E-state index contributed by atoms with van der Waals surface area (Å²) in [5, 5.41) is 1.09. The van der Waals surface area contributed by atoms with Crippen LogP contribution in [0.15, 0.2) is 36.4 Å². The Morgan fingerprint density at radius 3 is 2.75 bits per heavy atom. The summed E-state index contributed by atoms with van der Waals surface area (Å²) in [7, 11) is 0. The lowest BCUT2D eigenvalue weighted by molar-refractivity contribution is -0.142. The van der Waals surface area contributed by atoms with Crippen molar-refractivity contribution in [1.29, 1.82) is 0 Å². The van der Waals surface area contributed by atoms with Gasteiger partial charge in [0.05, 0.1) is 11.2 Å². The standard InChI is InChI=1S/C12H11NO2.H2O/c1-9(14)15-8-11-7-6-10-4-2-3-5-12(10)13-11;/h2-7H,8H2,1H3;1H2. The maximum Gasteiger partial charge on any atom is 0.303 e. The highest BCUT2D eigenvalue weighted by Gasteiger charge is 1.99. The van der Waals surface area contributed by atoms with Crippen molar-refractivity contribution in [3.63, 3.8) is 0 Å². The summed E-state index contributed by atoms with van der Waals surface area (Å²) in [5.41, 5.74) is 1.69. The maximum atomic E-state index is 10.6. The fourth-order valence-electron chi connectivity index (χ4n) is 1.36. The van der Waals surface area contributed by atoms with E-state index in [4.69, 9.17) is 4.74 Å². The van der Waals surface area contributed by atoms with E-state index in [1.165, 1.54) is 6.92 Å². The number of aromatic nitrogens is 1. The molecule has 0 aliphatic rings. The second-order valence-corrected chi connectivity index (χ2v) is 3.28. The largest absolute Gasteiger partial charge is 0.459 e. The minimum absolute atomic E-state index is 0. The van der Waals surface area contributed by atoms with Crippen LogP contribution in [0.2, 0.25) is 0 Å². The summed E-state index contributed by atoms with van der Waals surface area (Å²) in [4.78, 5) is 15.0. The number of carbonyl (C=O) groups excluding carboxylic acids is 1. The molecule has 0 spiro atoms. The lowest BCUT2D eigenvalue weighted by atomic mass is 10.2. The van der Waals surface area contributed by atoms with Crippen LogP contribution in [0.1, 0.15) is 12.6 Å². The molecule has 2 rings (SSSR count). The molecule has 4 nitrogen and oxygen atoms in total. The van der Waals surface area contributed by atoms with Gasteiger partial charge in [-0.25, -0.2) is 4.98 Å². The summed E-state index contributed by atoms with van der Waals surface area (Å²) >= 11 is 0. The van der Waals surface area contributed by atoms with E-state index in [1.54, 1.807) is 0 Å². The van der Waals surface area contributed by atoms with Gasteiger partial charge in [-0.3, -0.25) is 4.79 Å². The number of esters is 1. The van der Waals surface area contributed by atoms with Gasteiger partial charge in [-0.05, 0) is 12.1 Å². The van der Waals surface area contributed by atoms with Crippen LogP contribution < -0.4 is 0 Å². The van der Waals surface area contributed by atoms with Crippen molar-refractivity contribution >= 4 is 16.9 Å². The highest BCUT2D eigenvalue weighted by molar-refractivity contribution is 5.78. The summed E-state index contributed by atoms with van der Waals surface area (Å²) < 4.78 is 4.88. The van der Waals surface area contributed by atoms with Gasteiger partial charge in [0.15, 0.2) is 0 Å². The molecular weight excluding hydrogens is 206 g/mol. The molecule has 0 aliphatic carbocycles. The van der Waals surface area contributed by atoms with Crippen LogP contribution in [0, 0.1) is 0 Å². The zero-order valence-corrected chi connectivity index (χ0v) is 8.93. The summed E-state index contributed by atoms with van der Waals surface area (Å²) in [6.45, 7) is 1.63. The summed E-state index contributed by atoms with van der Waals surface area (Å²) in [6, 6.07) is 11.7. The predicted molar refractivity (Wildman–Crippen MR) is 60.8 cm³/mol. The first-order valence-electron chi connectivity index (χ1n) is 4.74. The molecule has 0 unspecified atom stereocenters. The van der Waals surface area contributed by atoms with Gasteiger partial charge in [0.25, 0.3) is 0 Å². The minimum Gasteiger partial charge on any atom is -0.459 e. The second-order valence-electron chi connectivity index (χ2n) is 3.28. The number of para-hydroxylation sites is 1. The van der Waals surface area contributed by atoms with Crippen LogP contribution in [-0.4, -0.2) is 16.4 Å². The van der Waals surface area contributed by atoms with Crippen molar-refractivity contribution in [3.8, 4) is 0 Å². The number of fused-ring (bicyclic) bond motifs is 1. The second kappa shape index (κ2) is 5.23. The van der Waals surface area contributed by atoms with Gasteiger partial charge in [0, 0.05) is 12.3 Å². The van der Waals surface area contributed by atoms with E-state index in [0.717, 1.165) is 16.6 Å². The van der Waals surface area contributed by atoms with E-state index < -0.39 is 0 Å². The van der Waals surface area contributed by atoms with E-state index in [-0.39, 0.29) is 18.1 Å². The molecule has 1 aromatic heterocycles. The van der Waals surface area contributed by atoms with Crippen LogP contribution >= 0.6 is 0 Å². The molecule has 2 aromatic rings. The molecule has 0 saturated carbocycles. The van der Waals surface area contributed by atoms with Gasteiger partial charge in [-0.15, -0.1) is 0 Å². The SMILES string of the molecule is CC(=O)OCc1ccc2ccccc2n1.O. The first-order valence-corrected chi connectivity index (χ1v) is 4.74. The van der Waals surface area contributed by atoms with Gasteiger partial charge in [0.2, 0.25) is 0 Å². The molecule has 0 saturated heterocycles. The van der Waals surface area contributed by atoms with Crippen molar-refractivity contribution in [1.82, 2.24) is 4.98 Å². The third-order valence-corrected chi connectivity index (χ3v) is 2.08. The van der Waals surface area contributed by atoms with Gasteiger partial charge in [0.1, 0.15) is 6.61 Å². The Morgan fingerprint density at radius 2 is 2.00 bits per heavy atom. The average molecular weight is 219 g/mol. The number of pyridine rings is 1. The lowest BCUT2D eigenvalue weighted by Gasteiger charge is -2.02. The Balaban J connectivity index is 0.00000128. The molecule has 0 radical (unpaired) electrons. The van der Waals surface area contributed by atoms with Crippen LogP contribution in [0.5, 0.6) is 0 Å². The molecule has 0 bridgehead atoms. The van der Waals surface area contributed by atoms with Crippen molar-refractivity contribution in [2.75, 3.05) is 0 Å². The highest BCUT2D eigenvalue weighted by atomic mass is 16.5. The molecule has 84 valence electrons. The molecule has 0 amide bonds. The lowest BCUT2D eigenvalue weighted by Crippen LogP contribution is -2.00. The van der Waals surface area contributed by atoms with Crippen molar-refractivity contribution in [2.45, 2.75) is 13.5 Å². The van der Waals surface area contributed by atoms with Crippen LogP contribution in [0.3, 0.4) is 0 Å². The van der Waals surface area contributed by atoms with Gasteiger partial charge in [-0.2, -0.15) is 0 Å². The van der Waals surface area contributed by atoms with Crippen molar-refractivity contribution in [2.24, 2.45) is 0 Å². The number of hydrogen-bond acceptors (Lipinski definition) is 3. The van der Waals surface area contributed by atoms with Crippen molar-refractivity contribution in [3.05, 3.63) is 42.1 Å². The zero-order chi connectivity index (χ0) is 10.7. The van der Waals surface area contributed by atoms with Crippen molar-refractivity contribution < 1.29 is 15.0 Å².